The molecule has 4 heterocycles. The number of urea groups is 1. The number of nitrogens with zero attached hydrogens (tertiary/aromatic N) is 4. The van der Waals surface area contributed by atoms with E-state index < -0.39 is 6.03 Å². The first-order valence-electron chi connectivity index (χ1n) is 14.1. The van der Waals surface area contributed by atoms with Crippen LogP contribution in [0.2, 0.25) is 5.02 Å². The lowest BCUT2D eigenvalue weighted by Crippen LogP contribution is -2.35. The van der Waals surface area contributed by atoms with Crippen LogP contribution in [0, 0.1) is 0 Å². The maximum atomic E-state index is 13.5. The van der Waals surface area contributed by atoms with Gasteiger partial charge in [-0.1, -0.05) is 48.4 Å². The second kappa shape index (κ2) is 11.6. The Morgan fingerprint density at radius 3 is 2.56 bits per heavy atom. The van der Waals surface area contributed by atoms with Crippen LogP contribution in [0.4, 0.5) is 27.7 Å². The van der Waals surface area contributed by atoms with Crippen LogP contribution < -0.4 is 20.3 Å². The normalized spacial score (nSPS) is 14.9. The van der Waals surface area contributed by atoms with Crippen molar-refractivity contribution in [1.82, 2.24) is 14.9 Å². The summed E-state index contributed by atoms with van der Waals surface area (Å²) < 4.78 is 5.89. The third-order valence-electron chi connectivity index (χ3n) is 7.53. The number of piperidine rings is 1. The standard InChI is InChI=1S/C32H27ClN6O3S/c33-24-17-22(13-14-25(24)42-23-7-3-1-4-8-23)39-29-26-27(37-32(39)41)28(43-31(26)35-19-34-29)30(40)36-21-11-9-20(10-12-21)18-38-15-5-2-6-16-38/h1,3-4,7-14,17,19H,2,5-6,15-16,18H2,(H,36,40)(H,37,41). The molecule has 3 aromatic carbocycles. The number of likely N-dealkylation sites (tertiary alicyclic amines) is 1. The van der Waals surface area contributed by atoms with Crippen LogP contribution in [0.15, 0.2) is 79.1 Å². The molecule has 2 aliphatic heterocycles. The molecule has 3 amide bonds. The van der Waals surface area contributed by atoms with E-state index in [0.29, 0.717) is 54.5 Å². The van der Waals surface area contributed by atoms with Gasteiger partial charge < -0.3 is 15.4 Å². The molecule has 0 atom stereocenters. The van der Waals surface area contributed by atoms with Crippen LogP contribution in [-0.2, 0) is 6.54 Å². The van der Waals surface area contributed by atoms with E-state index in [-0.39, 0.29) is 5.91 Å². The fourth-order valence-corrected chi connectivity index (χ4v) is 6.65. The molecule has 2 aliphatic rings. The maximum absolute atomic E-state index is 13.5. The Labute approximate surface area is 257 Å². The monoisotopic (exact) mass is 610 g/mol. The highest BCUT2D eigenvalue weighted by Crippen LogP contribution is 2.45. The van der Waals surface area contributed by atoms with Gasteiger partial charge in [-0.15, -0.1) is 11.3 Å². The lowest BCUT2D eigenvalue weighted by atomic mass is 10.1. The summed E-state index contributed by atoms with van der Waals surface area (Å²) in [5.74, 6) is 1.14. The number of aromatic nitrogens is 2. The highest BCUT2D eigenvalue weighted by Gasteiger charge is 2.34. The maximum Gasteiger partial charge on any atom is 0.332 e. The van der Waals surface area contributed by atoms with Gasteiger partial charge in [0.15, 0.2) is 5.82 Å². The molecular weight excluding hydrogens is 584 g/mol. The molecule has 11 heteroatoms. The van der Waals surface area contributed by atoms with E-state index in [2.05, 4.69) is 25.5 Å². The number of hydrogen-bond acceptors (Lipinski definition) is 7. The van der Waals surface area contributed by atoms with Gasteiger partial charge in [-0.3, -0.25) is 9.69 Å². The van der Waals surface area contributed by atoms with Gasteiger partial charge >= 0.3 is 6.03 Å². The lowest BCUT2D eigenvalue weighted by Gasteiger charge is -2.27. The number of nitrogens with one attached hydrogen (secondary N) is 2. The van der Waals surface area contributed by atoms with Crippen LogP contribution in [0.5, 0.6) is 11.5 Å². The predicted molar refractivity (Wildman–Crippen MR) is 170 cm³/mol. The van der Waals surface area contributed by atoms with Crippen LogP contribution >= 0.6 is 22.9 Å². The van der Waals surface area contributed by atoms with Crippen molar-refractivity contribution in [3.8, 4) is 11.5 Å². The molecule has 0 bridgehead atoms. The van der Waals surface area contributed by atoms with Gasteiger partial charge in [0.25, 0.3) is 5.91 Å². The summed E-state index contributed by atoms with van der Waals surface area (Å²) in [6.07, 6.45) is 5.19. The summed E-state index contributed by atoms with van der Waals surface area (Å²) >= 11 is 7.77. The number of halogens is 1. The number of hydrogen-bond donors (Lipinski definition) is 2. The molecule has 1 saturated heterocycles. The molecule has 5 aromatic rings. The van der Waals surface area contributed by atoms with Crippen molar-refractivity contribution in [2.45, 2.75) is 25.8 Å². The van der Waals surface area contributed by atoms with Crippen LogP contribution in [0.25, 0.3) is 10.2 Å². The predicted octanol–water partition coefficient (Wildman–Crippen LogP) is 8.06. The summed E-state index contributed by atoms with van der Waals surface area (Å²) in [5, 5.41) is 6.79. The average Bonchev–Trinajstić information content (AvgIpc) is 3.40. The minimum absolute atomic E-state index is 0.327. The third kappa shape index (κ3) is 5.52. The quantitative estimate of drug-likeness (QED) is 0.193. The number of thiophene rings is 1. The molecule has 0 radical (unpaired) electrons. The Morgan fingerprint density at radius 1 is 1.00 bits per heavy atom. The number of benzene rings is 3. The first-order chi connectivity index (χ1) is 21.0. The van der Waals surface area contributed by atoms with Crippen molar-refractivity contribution in [2.75, 3.05) is 28.6 Å². The van der Waals surface area contributed by atoms with Crippen molar-refractivity contribution >= 4 is 68.0 Å². The second-order valence-corrected chi connectivity index (χ2v) is 11.9. The fraction of sp³-hybridized carbons (Fsp3) is 0.188. The van der Waals surface area contributed by atoms with Crippen molar-refractivity contribution in [2.24, 2.45) is 0 Å². The van der Waals surface area contributed by atoms with E-state index >= 15 is 0 Å². The molecular formula is C32H27ClN6O3S. The second-order valence-electron chi connectivity index (χ2n) is 10.5. The average molecular weight is 611 g/mol. The van der Waals surface area contributed by atoms with Gasteiger partial charge in [-0.25, -0.2) is 19.7 Å². The molecule has 2 N–H and O–H groups in total. The molecule has 0 aliphatic carbocycles. The van der Waals surface area contributed by atoms with E-state index in [1.165, 1.54) is 47.4 Å². The van der Waals surface area contributed by atoms with Gasteiger partial charge in [0.2, 0.25) is 0 Å². The topological polar surface area (TPSA) is 99.7 Å². The zero-order valence-electron chi connectivity index (χ0n) is 23.0. The van der Waals surface area contributed by atoms with Crippen LogP contribution in [0.3, 0.4) is 0 Å². The fourth-order valence-electron chi connectivity index (χ4n) is 5.45. The number of anilines is 4. The Balaban J connectivity index is 1.13. The molecule has 2 aromatic heterocycles. The highest BCUT2D eigenvalue weighted by molar-refractivity contribution is 7.21. The van der Waals surface area contributed by atoms with Crippen molar-refractivity contribution in [3.63, 3.8) is 0 Å². The highest BCUT2D eigenvalue weighted by atomic mass is 35.5. The minimum atomic E-state index is -0.463. The summed E-state index contributed by atoms with van der Waals surface area (Å²) in [6.45, 7) is 3.16. The van der Waals surface area contributed by atoms with E-state index in [9.17, 15) is 9.59 Å². The first-order valence-corrected chi connectivity index (χ1v) is 15.3. The largest absolute Gasteiger partial charge is 0.456 e. The molecule has 0 unspecified atom stereocenters. The Hall–Kier alpha value is -4.51. The van der Waals surface area contributed by atoms with E-state index in [1.807, 2.05) is 54.6 Å². The molecule has 7 rings (SSSR count). The summed E-state index contributed by atoms with van der Waals surface area (Å²) in [7, 11) is 0. The Kier molecular flexibility index (Phi) is 7.40. The summed E-state index contributed by atoms with van der Waals surface area (Å²) in [6, 6.07) is 21.8. The van der Waals surface area contributed by atoms with Crippen molar-refractivity contribution < 1.29 is 14.3 Å². The smallest absolute Gasteiger partial charge is 0.332 e. The molecule has 9 nitrogen and oxygen atoms in total. The summed E-state index contributed by atoms with van der Waals surface area (Å²) in [4.78, 5) is 40.5. The number of para-hydroxylation sites is 1. The summed E-state index contributed by atoms with van der Waals surface area (Å²) in [5.41, 5.74) is 2.78. The van der Waals surface area contributed by atoms with Gasteiger partial charge in [-0.2, -0.15) is 0 Å². The molecule has 216 valence electrons. The van der Waals surface area contributed by atoms with E-state index in [0.717, 1.165) is 19.6 Å². The molecule has 43 heavy (non-hydrogen) atoms. The van der Waals surface area contributed by atoms with Gasteiger partial charge in [-0.05, 0) is 74.0 Å². The van der Waals surface area contributed by atoms with Crippen molar-refractivity contribution in [3.05, 3.63) is 94.6 Å². The van der Waals surface area contributed by atoms with E-state index in [1.54, 1.807) is 18.2 Å². The number of carbonyl (C=O) groups is 2. The lowest BCUT2D eigenvalue weighted by molar-refractivity contribution is 0.103. The zero-order chi connectivity index (χ0) is 29.3. The van der Waals surface area contributed by atoms with Crippen LogP contribution in [0.1, 0.15) is 34.5 Å². The van der Waals surface area contributed by atoms with Gasteiger partial charge in [0.1, 0.15) is 27.5 Å². The molecule has 1 fully saturated rings. The zero-order valence-corrected chi connectivity index (χ0v) is 24.6. The SMILES string of the molecule is O=C(Nc1ccc(CN2CCCCC2)cc1)c1sc2ncnc3c2c1NC(=O)N3c1ccc(Oc2ccccc2)c(Cl)c1. The van der Waals surface area contributed by atoms with Gasteiger partial charge in [0.05, 0.1) is 21.8 Å². The Bertz CT molecular complexity index is 1820. The molecule has 0 saturated carbocycles. The van der Waals surface area contributed by atoms with Crippen LogP contribution in [-0.4, -0.2) is 39.9 Å². The van der Waals surface area contributed by atoms with Crippen molar-refractivity contribution in [1.29, 1.82) is 0 Å². The first kappa shape index (κ1) is 27.3. The number of rotatable bonds is 7. The van der Waals surface area contributed by atoms with Gasteiger partial charge in [0, 0.05) is 12.2 Å². The minimum Gasteiger partial charge on any atom is -0.456 e. The molecule has 0 spiro atoms. The number of carbonyl (C=O) groups excluding carboxylic acids is 2. The number of amides is 3. The number of ether oxygens (including phenoxy) is 1. The third-order valence-corrected chi connectivity index (χ3v) is 8.92. The van der Waals surface area contributed by atoms with E-state index in [4.69, 9.17) is 16.3 Å². The Morgan fingerprint density at radius 2 is 1.79 bits per heavy atom.